The molecule has 1 heterocycles. The predicted molar refractivity (Wildman–Crippen MR) is 76.9 cm³/mol. The first-order valence-corrected chi connectivity index (χ1v) is 11.6. The molecule has 4 heteroatoms. The molecule has 115 valence electrons. The van der Waals surface area contributed by atoms with Crippen molar-refractivity contribution in [1.29, 1.82) is 0 Å². The summed E-state index contributed by atoms with van der Waals surface area (Å²) in [5, 5.41) is 0. The van der Waals surface area contributed by atoms with Crippen molar-refractivity contribution in [1.82, 2.24) is 0 Å². The molecule has 1 saturated heterocycles. The van der Waals surface area contributed by atoms with Gasteiger partial charge in [-0.1, -0.05) is 0 Å². The summed E-state index contributed by atoms with van der Waals surface area (Å²) in [5.74, 6) is 0.610. The van der Waals surface area contributed by atoms with E-state index in [9.17, 15) is 0 Å². The van der Waals surface area contributed by atoms with Crippen LogP contribution in [-0.4, -0.2) is 6.61 Å². The molecule has 1 unspecified atom stereocenters. The maximum absolute atomic E-state index is 6.25. The first kappa shape index (κ1) is 19.4. The summed E-state index contributed by atoms with van der Waals surface area (Å²) in [6.07, 6.45) is 5.12. The second-order valence-corrected chi connectivity index (χ2v) is 11.7. The molecule has 3 rings (SSSR count). The van der Waals surface area contributed by atoms with Crippen molar-refractivity contribution in [2.24, 2.45) is 0 Å². The number of fused-ring (bicyclic) bond motifs is 1. The Morgan fingerprint density at radius 3 is 2.57 bits per heavy atom. The van der Waals surface area contributed by atoms with Crippen LogP contribution in [-0.2, 0) is 25.0 Å². The Morgan fingerprint density at radius 1 is 1.19 bits per heavy atom. The maximum atomic E-state index is 6.25. The summed E-state index contributed by atoms with van der Waals surface area (Å²) in [6.45, 7) is 7.94. The number of benzene rings is 1. The maximum Gasteiger partial charge on any atom is -1.00 e. The van der Waals surface area contributed by atoms with Gasteiger partial charge < -0.3 is 24.8 Å². The molecule has 1 fully saturated rings. The van der Waals surface area contributed by atoms with Crippen LogP contribution in [0.25, 0.3) is 6.08 Å². The van der Waals surface area contributed by atoms with E-state index in [1.807, 2.05) is 0 Å². The van der Waals surface area contributed by atoms with Crippen LogP contribution in [0.2, 0.25) is 4.13 Å². The first-order chi connectivity index (χ1) is 9.18. The van der Waals surface area contributed by atoms with Crippen LogP contribution < -0.4 is 24.8 Å². The van der Waals surface area contributed by atoms with E-state index in [0.29, 0.717) is 9.54 Å². The third-order valence-electron chi connectivity index (χ3n) is 4.36. The minimum absolute atomic E-state index is 0. The van der Waals surface area contributed by atoms with E-state index in [4.69, 9.17) is 2.81 Å². The Morgan fingerprint density at radius 2 is 1.95 bits per heavy atom. The van der Waals surface area contributed by atoms with E-state index in [-0.39, 0.29) is 24.8 Å². The van der Waals surface area contributed by atoms with E-state index < -0.39 is 22.2 Å². The molecule has 1 aromatic rings. The fourth-order valence-electron chi connectivity index (χ4n) is 3.41. The fourth-order valence-corrected chi connectivity index (χ4v) is 10.3. The van der Waals surface area contributed by atoms with Crippen molar-refractivity contribution in [3.05, 3.63) is 40.5 Å². The Balaban J connectivity index is 0.00000110. The van der Waals surface area contributed by atoms with E-state index >= 15 is 0 Å². The zero-order chi connectivity index (χ0) is 13.4. The average Bonchev–Trinajstić information content (AvgIpc) is 2.75. The summed E-state index contributed by atoms with van der Waals surface area (Å²) in [4.78, 5) is 0. The van der Waals surface area contributed by atoms with E-state index in [1.54, 1.807) is 11.1 Å². The van der Waals surface area contributed by atoms with Gasteiger partial charge in [-0.05, 0) is 0 Å². The topological polar surface area (TPSA) is 9.23 Å². The Labute approximate surface area is 149 Å². The second-order valence-electron chi connectivity index (χ2n) is 6.10. The number of rotatable bonds is 2. The molecule has 0 saturated carbocycles. The van der Waals surface area contributed by atoms with Gasteiger partial charge in [0.2, 0.25) is 0 Å². The molecule has 1 nitrogen and oxygen atoms in total. The van der Waals surface area contributed by atoms with Crippen molar-refractivity contribution in [2.45, 2.75) is 47.3 Å². The van der Waals surface area contributed by atoms with Gasteiger partial charge in [-0.3, -0.25) is 0 Å². The van der Waals surface area contributed by atoms with Gasteiger partial charge in [0.05, 0.1) is 0 Å². The normalized spacial score (nSPS) is 20.5. The smallest absolute Gasteiger partial charge is 1.00 e. The van der Waals surface area contributed by atoms with E-state index in [2.05, 4.69) is 45.0 Å². The molecule has 21 heavy (non-hydrogen) atoms. The molecule has 0 spiro atoms. The van der Waals surface area contributed by atoms with Crippen LogP contribution in [0.1, 0.15) is 59.8 Å². The van der Waals surface area contributed by atoms with Gasteiger partial charge in [-0.2, -0.15) is 0 Å². The molecule has 0 bridgehead atoms. The molecule has 1 aliphatic carbocycles. The summed E-state index contributed by atoms with van der Waals surface area (Å²) in [7, 11) is 0. The van der Waals surface area contributed by atoms with E-state index in [1.165, 1.54) is 28.1 Å². The van der Waals surface area contributed by atoms with Gasteiger partial charge in [0.15, 0.2) is 0 Å². The van der Waals surface area contributed by atoms with Crippen LogP contribution in [0, 0.1) is 0 Å². The van der Waals surface area contributed by atoms with Crippen molar-refractivity contribution in [3.8, 4) is 0 Å². The minimum atomic E-state index is -1.71. The molecule has 1 aliphatic heterocycles. The summed E-state index contributed by atoms with van der Waals surface area (Å²) in [6, 6.07) is 6.90. The van der Waals surface area contributed by atoms with Gasteiger partial charge in [-0.15, -0.1) is 0 Å². The number of halogens is 2. The van der Waals surface area contributed by atoms with Gasteiger partial charge >= 0.3 is 125 Å². The second kappa shape index (κ2) is 8.30. The molecule has 0 aromatic heterocycles. The van der Waals surface area contributed by atoms with Crippen LogP contribution in [0.3, 0.4) is 0 Å². The molecule has 1 atom stereocenters. The third-order valence-corrected chi connectivity index (χ3v) is 11.3. The Hall–Kier alpha value is 0.383. The molecule has 0 radical (unpaired) electrons. The van der Waals surface area contributed by atoms with E-state index in [0.717, 1.165) is 6.61 Å². The molecule has 0 amide bonds. The molecule has 1 aromatic carbocycles. The van der Waals surface area contributed by atoms with Crippen LogP contribution in [0.5, 0.6) is 0 Å². The van der Waals surface area contributed by atoms with Crippen LogP contribution in [0.15, 0.2) is 23.8 Å². The number of allylic oxidation sites excluding steroid dienone is 1. The summed E-state index contributed by atoms with van der Waals surface area (Å²) >= 11 is -1.71. The van der Waals surface area contributed by atoms with Crippen LogP contribution >= 0.6 is 0 Å². The molecule has 0 N–H and O–H groups in total. The Kier molecular flexibility index (Phi) is 7.68. The largest absolute Gasteiger partial charge is 1.00 e. The fraction of sp³-hybridized carbons (Fsp3) is 0.529. The standard InChI is InChI=1S/C13H15.C4H8O.2ClH.Zr/c1-9(2)12-6-4-5-11-7-10(3)8-13(11)12;1-2-3-4-5;;;/h4-9H,1-3H3;1-4H2;2*1H;/q;-1;;;+3/p-2. The van der Waals surface area contributed by atoms with Gasteiger partial charge in [0.1, 0.15) is 0 Å². The first-order valence-electron chi connectivity index (χ1n) is 7.48. The van der Waals surface area contributed by atoms with Crippen molar-refractivity contribution in [2.75, 3.05) is 6.61 Å². The SMILES string of the molecule is CC1=Cc2c(C(C)C)cccc2[CH]1[Zr+2]1[CH2]CCC[O]1.[Cl-].[Cl-]. The Bertz CT molecular complexity index is 508. The predicted octanol–water partition coefficient (Wildman–Crippen LogP) is -0.962. The number of hydrogen-bond acceptors (Lipinski definition) is 1. The van der Waals surface area contributed by atoms with Gasteiger partial charge in [0, 0.05) is 0 Å². The van der Waals surface area contributed by atoms with Gasteiger partial charge in [0.25, 0.3) is 0 Å². The van der Waals surface area contributed by atoms with Crippen molar-refractivity contribution < 1.29 is 49.8 Å². The van der Waals surface area contributed by atoms with Crippen molar-refractivity contribution in [3.63, 3.8) is 0 Å². The van der Waals surface area contributed by atoms with Gasteiger partial charge in [-0.25, -0.2) is 0 Å². The third kappa shape index (κ3) is 3.83. The quantitative estimate of drug-likeness (QED) is 0.616. The number of hydrogen-bond donors (Lipinski definition) is 0. The zero-order valence-electron chi connectivity index (χ0n) is 13.0. The minimum Gasteiger partial charge on any atom is -1.00 e. The monoisotopic (exact) mass is 403 g/mol. The van der Waals surface area contributed by atoms with Crippen LogP contribution in [0.4, 0.5) is 0 Å². The average molecular weight is 406 g/mol. The zero-order valence-corrected chi connectivity index (χ0v) is 16.9. The molecule has 2 aliphatic rings. The molecular formula is C17H23Cl2OZr. The summed E-state index contributed by atoms with van der Waals surface area (Å²) < 4.78 is 8.34. The van der Waals surface area contributed by atoms with Crippen molar-refractivity contribution >= 4 is 6.08 Å². The molecular weight excluding hydrogens is 382 g/mol. The summed E-state index contributed by atoms with van der Waals surface area (Å²) in [5.41, 5.74) is 6.18.